The normalized spacial score (nSPS) is 17.5. The maximum Gasteiger partial charge on any atom is 0.182 e. The Morgan fingerprint density at radius 1 is 1.06 bits per heavy atom. The highest BCUT2D eigenvalue weighted by Crippen LogP contribution is 2.16. The third-order valence-corrected chi connectivity index (χ3v) is 2.28. The van der Waals surface area contributed by atoms with Crippen molar-refractivity contribution in [2.24, 2.45) is 0 Å². The van der Waals surface area contributed by atoms with Gasteiger partial charge in [0.2, 0.25) is 0 Å². The Hall–Kier alpha value is -0.700. The van der Waals surface area contributed by atoms with Gasteiger partial charge < -0.3 is 14.5 Å². The molecule has 1 aliphatic heterocycles. The first-order valence-electron chi connectivity index (χ1n) is 6.20. The smallest absolute Gasteiger partial charge is 0.182 e. The van der Waals surface area contributed by atoms with Crippen LogP contribution in [0.25, 0.3) is 0 Å². The second kappa shape index (κ2) is 6.79. The lowest BCUT2D eigenvalue weighted by atomic mass is 10.2. The Bertz CT molecular complexity index is 200. The summed E-state index contributed by atoms with van der Waals surface area (Å²) in [5, 5.41) is 0. The molecule has 0 N–H and O–H groups in total. The van der Waals surface area contributed by atoms with Crippen molar-refractivity contribution in [3.63, 3.8) is 0 Å². The minimum absolute atomic E-state index is 0.138. The number of rotatable bonds is 2. The van der Waals surface area contributed by atoms with Gasteiger partial charge in [0.1, 0.15) is 5.60 Å². The Morgan fingerprint density at radius 3 is 1.88 bits per heavy atom. The number of likely N-dealkylation sites (N-methyl/N-ethyl adjacent to an activating group) is 1. The van der Waals surface area contributed by atoms with Gasteiger partial charge in [0.15, 0.2) is 5.88 Å². The van der Waals surface area contributed by atoms with Crippen molar-refractivity contribution < 1.29 is 4.74 Å². The van der Waals surface area contributed by atoms with Gasteiger partial charge in [-0.25, -0.2) is 0 Å². The van der Waals surface area contributed by atoms with E-state index in [1.807, 2.05) is 34.6 Å². The zero-order valence-corrected chi connectivity index (χ0v) is 11.8. The predicted molar refractivity (Wildman–Crippen MR) is 70.4 cm³/mol. The summed E-state index contributed by atoms with van der Waals surface area (Å²) in [4.78, 5) is 4.53. The molecule has 0 aromatic carbocycles. The third kappa shape index (κ3) is 6.01. The molecule has 3 heteroatoms. The van der Waals surface area contributed by atoms with Gasteiger partial charge >= 0.3 is 0 Å². The summed E-state index contributed by atoms with van der Waals surface area (Å²) < 4.78 is 5.73. The van der Waals surface area contributed by atoms with Gasteiger partial charge in [-0.2, -0.15) is 0 Å². The van der Waals surface area contributed by atoms with Gasteiger partial charge in [-0.3, -0.25) is 0 Å². The highest BCUT2D eigenvalue weighted by atomic mass is 16.5. The second-order valence-electron chi connectivity index (χ2n) is 4.90. The molecule has 0 aliphatic carbocycles. The molecule has 0 saturated carbocycles. The summed E-state index contributed by atoms with van der Waals surface area (Å²) in [7, 11) is 2.14. The molecule has 0 unspecified atom stereocenters. The van der Waals surface area contributed by atoms with E-state index in [-0.39, 0.29) is 5.60 Å². The Kier molecular flexibility index (Phi) is 6.49. The summed E-state index contributed by atoms with van der Waals surface area (Å²) in [5.41, 5.74) is -0.138. The SMILES string of the molecule is C=C(OC(C)(C)C)N1CCN(C)CC1.CC. The fourth-order valence-electron chi connectivity index (χ4n) is 1.47. The quantitative estimate of drug-likeness (QED) is 0.676. The number of piperazine rings is 1. The first-order valence-corrected chi connectivity index (χ1v) is 6.20. The van der Waals surface area contributed by atoms with Crippen LogP contribution in [-0.4, -0.2) is 48.6 Å². The van der Waals surface area contributed by atoms with Gasteiger partial charge in [0.25, 0.3) is 0 Å². The Morgan fingerprint density at radius 2 is 1.50 bits per heavy atom. The molecule has 0 amide bonds. The van der Waals surface area contributed by atoms with Crippen molar-refractivity contribution in [3.05, 3.63) is 12.5 Å². The highest BCUT2D eigenvalue weighted by Gasteiger charge is 2.20. The van der Waals surface area contributed by atoms with Crippen molar-refractivity contribution >= 4 is 0 Å². The van der Waals surface area contributed by atoms with Crippen LogP contribution in [0, 0.1) is 0 Å². The molecule has 1 rings (SSSR count). The van der Waals surface area contributed by atoms with E-state index in [9.17, 15) is 0 Å². The summed E-state index contributed by atoms with van der Waals surface area (Å²) >= 11 is 0. The topological polar surface area (TPSA) is 15.7 Å². The van der Waals surface area contributed by atoms with Crippen LogP contribution in [0.2, 0.25) is 0 Å². The van der Waals surface area contributed by atoms with Crippen LogP contribution in [0.1, 0.15) is 34.6 Å². The molecule has 1 aliphatic rings. The molecule has 0 radical (unpaired) electrons. The van der Waals surface area contributed by atoms with Crippen LogP contribution in [0.4, 0.5) is 0 Å². The zero-order chi connectivity index (χ0) is 12.8. The van der Waals surface area contributed by atoms with E-state index < -0.39 is 0 Å². The van der Waals surface area contributed by atoms with Gasteiger partial charge in [-0.15, -0.1) is 0 Å². The monoisotopic (exact) mass is 228 g/mol. The molecular weight excluding hydrogens is 200 g/mol. The number of hydrogen-bond acceptors (Lipinski definition) is 3. The number of hydrogen-bond donors (Lipinski definition) is 0. The van der Waals surface area contributed by atoms with Crippen LogP contribution < -0.4 is 0 Å². The molecule has 3 nitrogen and oxygen atoms in total. The van der Waals surface area contributed by atoms with E-state index in [0.29, 0.717) is 0 Å². The van der Waals surface area contributed by atoms with Crippen molar-refractivity contribution in [1.82, 2.24) is 9.80 Å². The van der Waals surface area contributed by atoms with Crippen LogP contribution in [-0.2, 0) is 4.74 Å². The van der Waals surface area contributed by atoms with Crippen LogP contribution in [0.5, 0.6) is 0 Å². The molecule has 1 heterocycles. The van der Waals surface area contributed by atoms with Crippen molar-refractivity contribution in [2.45, 2.75) is 40.2 Å². The van der Waals surface area contributed by atoms with E-state index in [1.54, 1.807) is 0 Å². The Labute approximate surface area is 101 Å². The highest BCUT2D eigenvalue weighted by molar-refractivity contribution is 4.89. The molecule has 0 bridgehead atoms. The van der Waals surface area contributed by atoms with E-state index in [1.165, 1.54) is 0 Å². The van der Waals surface area contributed by atoms with Gasteiger partial charge in [-0.1, -0.05) is 13.8 Å². The third-order valence-electron chi connectivity index (χ3n) is 2.28. The molecule has 0 aromatic rings. The summed E-state index contributed by atoms with van der Waals surface area (Å²) in [5.74, 6) is 0.811. The minimum Gasteiger partial charge on any atom is -0.474 e. The first kappa shape index (κ1) is 15.3. The average Bonchev–Trinajstić information content (AvgIpc) is 2.19. The maximum atomic E-state index is 5.73. The summed E-state index contributed by atoms with van der Waals surface area (Å²) in [6.45, 7) is 18.3. The molecule has 0 spiro atoms. The molecule has 1 fully saturated rings. The standard InChI is InChI=1S/C11H22N2O.C2H6/c1-10(14-11(2,3)4)13-8-6-12(5)7-9-13;1-2/h1,6-9H2,2-5H3;1-2H3. The largest absolute Gasteiger partial charge is 0.474 e. The van der Waals surface area contributed by atoms with Crippen LogP contribution >= 0.6 is 0 Å². The van der Waals surface area contributed by atoms with Crippen LogP contribution in [0.15, 0.2) is 12.5 Å². The fraction of sp³-hybridized carbons (Fsp3) is 0.846. The average molecular weight is 228 g/mol. The molecule has 0 atom stereocenters. The lowest BCUT2D eigenvalue weighted by Gasteiger charge is -2.36. The lowest BCUT2D eigenvalue weighted by Crippen LogP contribution is -2.44. The number of nitrogens with zero attached hydrogens (tertiary/aromatic N) is 2. The molecule has 0 aromatic heterocycles. The van der Waals surface area contributed by atoms with E-state index >= 15 is 0 Å². The molecule has 16 heavy (non-hydrogen) atoms. The fourth-order valence-corrected chi connectivity index (χ4v) is 1.47. The predicted octanol–water partition coefficient (Wildman–Crippen LogP) is 2.55. The van der Waals surface area contributed by atoms with E-state index in [2.05, 4.69) is 23.4 Å². The van der Waals surface area contributed by atoms with Gasteiger partial charge in [-0.05, 0) is 34.4 Å². The lowest BCUT2D eigenvalue weighted by molar-refractivity contribution is -0.00757. The Balaban J connectivity index is 0.00000106. The van der Waals surface area contributed by atoms with Crippen molar-refractivity contribution in [3.8, 4) is 0 Å². The van der Waals surface area contributed by atoms with Gasteiger partial charge in [0.05, 0.1) is 0 Å². The first-order chi connectivity index (χ1) is 7.38. The zero-order valence-electron chi connectivity index (χ0n) is 11.8. The molecular formula is C13H28N2O. The molecule has 96 valence electrons. The van der Waals surface area contributed by atoms with Gasteiger partial charge in [0, 0.05) is 26.2 Å². The van der Waals surface area contributed by atoms with E-state index in [4.69, 9.17) is 4.74 Å². The van der Waals surface area contributed by atoms with Crippen molar-refractivity contribution in [1.29, 1.82) is 0 Å². The van der Waals surface area contributed by atoms with Crippen molar-refractivity contribution in [2.75, 3.05) is 33.2 Å². The number of ether oxygens (including phenoxy) is 1. The maximum absolute atomic E-state index is 5.73. The molecule has 1 saturated heterocycles. The summed E-state index contributed by atoms with van der Waals surface area (Å²) in [6, 6.07) is 0. The van der Waals surface area contributed by atoms with Crippen LogP contribution in [0.3, 0.4) is 0 Å². The minimum atomic E-state index is -0.138. The van der Waals surface area contributed by atoms with E-state index in [0.717, 1.165) is 32.1 Å². The summed E-state index contributed by atoms with van der Waals surface area (Å²) in [6.07, 6.45) is 0. The second-order valence-corrected chi connectivity index (χ2v) is 4.90.